The van der Waals surface area contributed by atoms with Crippen LogP contribution in [0.2, 0.25) is 0 Å². The van der Waals surface area contributed by atoms with Crippen molar-refractivity contribution in [2.24, 2.45) is 11.8 Å². The number of carboxylic acids is 1. The molecule has 0 bridgehead atoms. The van der Waals surface area contributed by atoms with Gasteiger partial charge in [-0.05, 0) is 24.1 Å². The lowest BCUT2D eigenvalue weighted by Crippen LogP contribution is -2.24. The Balaban J connectivity index is 2.84. The van der Waals surface area contributed by atoms with Crippen LogP contribution in [0.3, 0.4) is 0 Å². The molecule has 1 unspecified atom stereocenters. The van der Waals surface area contributed by atoms with E-state index in [2.05, 4.69) is 5.32 Å². The molecule has 18 heavy (non-hydrogen) atoms. The van der Waals surface area contributed by atoms with Crippen molar-refractivity contribution in [3.63, 3.8) is 0 Å². The molecule has 0 saturated heterocycles. The van der Waals surface area contributed by atoms with E-state index in [4.69, 9.17) is 5.11 Å². The fourth-order valence-electron chi connectivity index (χ4n) is 1.33. The second-order valence-corrected chi connectivity index (χ2v) is 4.52. The predicted molar refractivity (Wildman–Crippen MR) is 66.0 cm³/mol. The van der Waals surface area contributed by atoms with E-state index < -0.39 is 17.3 Å². The van der Waals surface area contributed by atoms with Gasteiger partial charge in [0.2, 0.25) is 5.91 Å². The average Bonchev–Trinajstić information content (AvgIpc) is 2.27. The summed E-state index contributed by atoms with van der Waals surface area (Å²) < 4.78 is 13.4. The molecule has 0 saturated carbocycles. The van der Waals surface area contributed by atoms with E-state index in [9.17, 15) is 14.0 Å². The number of anilines is 1. The predicted octanol–water partition coefficient (Wildman–Crippen LogP) is 2.75. The Morgan fingerprint density at radius 1 is 1.28 bits per heavy atom. The number of halogens is 1. The first-order valence-corrected chi connectivity index (χ1v) is 5.66. The number of carbonyl (C=O) groups is 2. The lowest BCUT2D eigenvalue weighted by molar-refractivity contribution is -0.120. The van der Waals surface area contributed by atoms with Gasteiger partial charge in [-0.2, -0.15) is 0 Å². The van der Waals surface area contributed by atoms with Gasteiger partial charge < -0.3 is 10.4 Å². The molecule has 4 nitrogen and oxygen atoms in total. The van der Waals surface area contributed by atoms with Crippen molar-refractivity contribution < 1.29 is 19.1 Å². The summed E-state index contributed by atoms with van der Waals surface area (Å²) in [6, 6.07) is 3.51. The number of benzene rings is 1. The number of hydrogen-bond donors (Lipinski definition) is 2. The topological polar surface area (TPSA) is 66.4 Å². The molecular formula is C13H16FNO3. The number of carbonyl (C=O) groups excluding carboxylic acids is 1. The first-order chi connectivity index (χ1) is 8.32. The van der Waals surface area contributed by atoms with E-state index in [1.165, 1.54) is 6.07 Å². The van der Waals surface area contributed by atoms with Crippen LogP contribution < -0.4 is 5.32 Å². The molecule has 0 aromatic heterocycles. The zero-order valence-corrected chi connectivity index (χ0v) is 10.5. The molecule has 0 heterocycles. The standard InChI is InChI=1S/C13H16FNO3/c1-7(2)8(3)12(16)15-9-4-5-10(13(17)18)11(14)6-9/h4-8H,1-3H3,(H,15,16)(H,17,18). The van der Waals surface area contributed by atoms with E-state index in [0.717, 1.165) is 12.1 Å². The van der Waals surface area contributed by atoms with Crippen molar-refractivity contribution in [1.29, 1.82) is 0 Å². The third kappa shape index (κ3) is 3.29. The number of hydrogen-bond acceptors (Lipinski definition) is 2. The number of nitrogens with one attached hydrogen (secondary N) is 1. The Labute approximate surface area is 105 Å². The van der Waals surface area contributed by atoms with Gasteiger partial charge in [-0.1, -0.05) is 20.8 Å². The summed E-state index contributed by atoms with van der Waals surface area (Å²) in [7, 11) is 0. The van der Waals surface area contributed by atoms with Crippen LogP contribution in [-0.2, 0) is 4.79 Å². The second kappa shape index (κ2) is 5.62. The van der Waals surface area contributed by atoms with Crippen LogP contribution in [0.4, 0.5) is 10.1 Å². The number of carboxylic acid groups (broad SMARTS) is 1. The normalized spacial score (nSPS) is 12.3. The molecule has 1 atom stereocenters. The number of rotatable bonds is 4. The zero-order chi connectivity index (χ0) is 13.9. The molecule has 0 spiro atoms. The Kier molecular flexibility index (Phi) is 4.42. The van der Waals surface area contributed by atoms with Crippen molar-refractivity contribution in [1.82, 2.24) is 0 Å². The highest BCUT2D eigenvalue weighted by Crippen LogP contribution is 2.17. The van der Waals surface area contributed by atoms with E-state index >= 15 is 0 Å². The summed E-state index contributed by atoms with van der Waals surface area (Å²) in [5.41, 5.74) is -0.153. The van der Waals surface area contributed by atoms with Gasteiger partial charge in [0.1, 0.15) is 5.82 Å². The molecule has 0 aliphatic rings. The smallest absolute Gasteiger partial charge is 0.338 e. The highest BCUT2D eigenvalue weighted by molar-refractivity contribution is 5.93. The van der Waals surface area contributed by atoms with Crippen molar-refractivity contribution >= 4 is 17.6 Å². The van der Waals surface area contributed by atoms with E-state index in [1.807, 2.05) is 13.8 Å². The van der Waals surface area contributed by atoms with Gasteiger partial charge in [0.15, 0.2) is 0 Å². The Morgan fingerprint density at radius 2 is 1.89 bits per heavy atom. The minimum absolute atomic E-state index is 0.174. The van der Waals surface area contributed by atoms with E-state index in [-0.39, 0.29) is 23.4 Å². The van der Waals surface area contributed by atoms with Crippen molar-refractivity contribution in [3.05, 3.63) is 29.6 Å². The lowest BCUT2D eigenvalue weighted by Gasteiger charge is -2.15. The molecule has 0 aliphatic carbocycles. The minimum Gasteiger partial charge on any atom is -0.478 e. The zero-order valence-electron chi connectivity index (χ0n) is 10.5. The van der Waals surface area contributed by atoms with Gasteiger partial charge in [-0.3, -0.25) is 4.79 Å². The van der Waals surface area contributed by atoms with E-state index in [0.29, 0.717) is 0 Å². The number of aromatic carboxylic acids is 1. The fourth-order valence-corrected chi connectivity index (χ4v) is 1.33. The van der Waals surface area contributed by atoms with Crippen LogP contribution in [0, 0.1) is 17.7 Å². The molecule has 98 valence electrons. The van der Waals surface area contributed by atoms with Gasteiger partial charge in [0.05, 0.1) is 5.56 Å². The maximum atomic E-state index is 13.4. The Hall–Kier alpha value is -1.91. The van der Waals surface area contributed by atoms with Gasteiger partial charge in [-0.25, -0.2) is 9.18 Å². The highest BCUT2D eigenvalue weighted by Gasteiger charge is 2.17. The first kappa shape index (κ1) is 14.2. The third-order valence-electron chi connectivity index (χ3n) is 2.88. The van der Waals surface area contributed by atoms with Crippen molar-refractivity contribution in [2.75, 3.05) is 5.32 Å². The molecular weight excluding hydrogens is 237 g/mol. The fraction of sp³-hybridized carbons (Fsp3) is 0.385. The van der Waals surface area contributed by atoms with Crippen LogP contribution in [0.25, 0.3) is 0 Å². The summed E-state index contributed by atoms with van der Waals surface area (Å²) >= 11 is 0. The summed E-state index contributed by atoms with van der Waals surface area (Å²) in [6.45, 7) is 5.61. The van der Waals surface area contributed by atoms with Crippen LogP contribution in [0.15, 0.2) is 18.2 Å². The largest absolute Gasteiger partial charge is 0.478 e. The Morgan fingerprint density at radius 3 is 2.33 bits per heavy atom. The van der Waals surface area contributed by atoms with Crippen LogP contribution >= 0.6 is 0 Å². The third-order valence-corrected chi connectivity index (χ3v) is 2.88. The number of amides is 1. The Bertz CT molecular complexity index is 471. The van der Waals surface area contributed by atoms with Gasteiger partial charge in [0.25, 0.3) is 0 Å². The summed E-state index contributed by atoms with van der Waals surface area (Å²) in [5.74, 6) is -2.44. The molecule has 0 aliphatic heterocycles. The van der Waals surface area contributed by atoms with Crippen molar-refractivity contribution in [2.45, 2.75) is 20.8 Å². The maximum absolute atomic E-state index is 13.4. The first-order valence-electron chi connectivity index (χ1n) is 5.66. The van der Waals surface area contributed by atoms with Gasteiger partial charge >= 0.3 is 5.97 Å². The van der Waals surface area contributed by atoms with Crippen LogP contribution in [-0.4, -0.2) is 17.0 Å². The summed E-state index contributed by atoms with van der Waals surface area (Å²) in [4.78, 5) is 22.4. The van der Waals surface area contributed by atoms with Gasteiger partial charge in [-0.15, -0.1) is 0 Å². The molecule has 1 aromatic rings. The lowest BCUT2D eigenvalue weighted by atomic mass is 9.97. The van der Waals surface area contributed by atoms with E-state index in [1.54, 1.807) is 6.92 Å². The molecule has 5 heteroatoms. The molecule has 1 rings (SSSR count). The summed E-state index contributed by atoms with van der Waals surface area (Å²) in [6.07, 6.45) is 0. The second-order valence-electron chi connectivity index (χ2n) is 4.52. The van der Waals surface area contributed by atoms with Crippen LogP contribution in [0.5, 0.6) is 0 Å². The highest BCUT2D eigenvalue weighted by atomic mass is 19.1. The SMILES string of the molecule is CC(C)C(C)C(=O)Nc1ccc(C(=O)O)c(F)c1. The van der Waals surface area contributed by atoms with Gasteiger partial charge in [0, 0.05) is 11.6 Å². The maximum Gasteiger partial charge on any atom is 0.338 e. The molecule has 0 fully saturated rings. The molecule has 0 radical (unpaired) electrons. The monoisotopic (exact) mass is 253 g/mol. The average molecular weight is 253 g/mol. The molecule has 1 amide bonds. The van der Waals surface area contributed by atoms with Crippen molar-refractivity contribution in [3.8, 4) is 0 Å². The minimum atomic E-state index is -1.33. The molecule has 1 aromatic carbocycles. The summed E-state index contributed by atoms with van der Waals surface area (Å²) in [5, 5.41) is 11.2. The quantitative estimate of drug-likeness (QED) is 0.867. The van der Waals surface area contributed by atoms with Crippen LogP contribution in [0.1, 0.15) is 31.1 Å². The molecule has 2 N–H and O–H groups in total.